The van der Waals surface area contributed by atoms with Crippen LogP contribution in [0.3, 0.4) is 0 Å². The Bertz CT molecular complexity index is 748. The molecule has 5 nitrogen and oxygen atoms in total. The highest BCUT2D eigenvalue weighted by atomic mass is 35.5. The van der Waals surface area contributed by atoms with Crippen LogP contribution in [0.1, 0.15) is 44.2 Å². The fourth-order valence-corrected chi connectivity index (χ4v) is 4.47. The average Bonchev–Trinajstić information content (AvgIpc) is 3.32. The third-order valence-electron chi connectivity index (χ3n) is 5.98. The van der Waals surface area contributed by atoms with E-state index < -0.39 is 0 Å². The topological polar surface area (TPSA) is 59.0 Å². The zero-order valence-electron chi connectivity index (χ0n) is 15.1. The van der Waals surface area contributed by atoms with Crippen LogP contribution in [-0.2, 0) is 4.79 Å². The Balaban J connectivity index is 0.00000196. The molecule has 1 aromatic heterocycles. The van der Waals surface area contributed by atoms with Crippen molar-refractivity contribution in [1.29, 1.82) is 0 Å². The minimum absolute atomic E-state index is 0. The van der Waals surface area contributed by atoms with Gasteiger partial charge in [-0.25, -0.2) is 4.68 Å². The van der Waals surface area contributed by atoms with Crippen molar-refractivity contribution < 1.29 is 4.79 Å². The molecule has 2 aromatic rings. The van der Waals surface area contributed by atoms with E-state index in [0.29, 0.717) is 5.92 Å². The molecule has 2 heterocycles. The Morgan fingerprint density at radius 2 is 2.27 bits per heavy atom. The van der Waals surface area contributed by atoms with E-state index in [9.17, 15) is 4.79 Å². The van der Waals surface area contributed by atoms with Crippen molar-refractivity contribution in [2.75, 3.05) is 13.1 Å². The molecule has 4 rings (SSSR count). The van der Waals surface area contributed by atoms with E-state index in [-0.39, 0.29) is 29.8 Å². The predicted molar refractivity (Wildman–Crippen MR) is 105 cm³/mol. The first-order valence-electron chi connectivity index (χ1n) is 9.31. The summed E-state index contributed by atoms with van der Waals surface area (Å²) in [4.78, 5) is 13.1. The SMILES string of the molecule is CC(NC(=O)[C@@]12CCCC[C@H]1CNC2)c1cccc(-n2cccn2)c1.Cl. The molecule has 1 saturated carbocycles. The van der Waals surface area contributed by atoms with Crippen LogP contribution in [0.15, 0.2) is 42.7 Å². The van der Waals surface area contributed by atoms with Gasteiger partial charge < -0.3 is 10.6 Å². The molecule has 1 aliphatic carbocycles. The van der Waals surface area contributed by atoms with Crippen LogP contribution >= 0.6 is 12.4 Å². The van der Waals surface area contributed by atoms with Crippen molar-refractivity contribution in [3.8, 4) is 5.69 Å². The Morgan fingerprint density at radius 1 is 1.38 bits per heavy atom. The molecule has 0 radical (unpaired) electrons. The van der Waals surface area contributed by atoms with Crippen molar-refractivity contribution in [2.24, 2.45) is 11.3 Å². The van der Waals surface area contributed by atoms with Crippen molar-refractivity contribution in [3.63, 3.8) is 0 Å². The second kappa shape index (κ2) is 7.80. The third kappa shape index (κ3) is 3.38. The minimum atomic E-state index is -0.202. The number of carbonyl (C=O) groups is 1. The van der Waals surface area contributed by atoms with Gasteiger partial charge in [-0.15, -0.1) is 12.4 Å². The first-order chi connectivity index (χ1) is 12.2. The van der Waals surface area contributed by atoms with Gasteiger partial charge in [0.15, 0.2) is 0 Å². The highest BCUT2D eigenvalue weighted by Crippen LogP contribution is 2.44. The van der Waals surface area contributed by atoms with E-state index in [1.807, 2.05) is 29.1 Å². The Hall–Kier alpha value is -1.85. The Kier molecular flexibility index (Phi) is 5.68. The first kappa shape index (κ1) is 18.9. The molecule has 0 spiro atoms. The molecular formula is C20H27ClN4O. The quantitative estimate of drug-likeness (QED) is 0.863. The number of nitrogens with zero attached hydrogens (tertiary/aromatic N) is 2. The normalized spacial score (nSPS) is 25.8. The van der Waals surface area contributed by atoms with Crippen LogP contribution < -0.4 is 10.6 Å². The monoisotopic (exact) mass is 374 g/mol. The smallest absolute Gasteiger partial charge is 0.228 e. The number of halogens is 1. The lowest BCUT2D eigenvalue weighted by atomic mass is 9.67. The summed E-state index contributed by atoms with van der Waals surface area (Å²) >= 11 is 0. The zero-order chi connectivity index (χ0) is 17.3. The lowest BCUT2D eigenvalue weighted by Crippen LogP contribution is -2.48. The first-order valence-corrected chi connectivity index (χ1v) is 9.31. The molecule has 26 heavy (non-hydrogen) atoms. The predicted octanol–water partition coefficient (Wildman–Crippen LogP) is 3.25. The van der Waals surface area contributed by atoms with E-state index in [4.69, 9.17) is 0 Å². The van der Waals surface area contributed by atoms with E-state index in [0.717, 1.165) is 37.2 Å². The van der Waals surface area contributed by atoms with Gasteiger partial charge in [-0.2, -0.15) is 5.10 Å². The molecule has 1 saturated heterocycles. The van der Waals surface area contributed by atoms with Gasteiger partial charge in [0.05, 0.1) is 17.1 Å². The highest BCUT2D eigenvalue weighted by molar-refractivity contribution is 5.85. The summed E-state index contributed by atoms with van der Waals surface area (Å²) in [6, 6.07) is 10.1. The number of aromatic nitrogens is 2. The number of amides is 1. The van der Waals surface area contributed by atoms with Gasteiger partial charge in [-0.1, -0.05) is 25.0 Å². The summed E-state index contributed by atoms with van der Waals surface area (Å²) in [5.74, 6) is 0.711. The van der Waals surface area contributed by atoms with Gasteiger partial charge in [-0.3, -0.25) is 4.79 Å². The highest BCUT2D eigenvalue weighted by Gasteiger charge is 2.49. The molecule has 1 unspecified atom stereocenters. The fourth-order valence-electron chi connectivity index (χ4n) is 4.47. The lowest BCUT2D eigenvalue weighted by molar-refractivity contribution is -0.134. The van der Waals surface area contributed by atoms with E-state index in [1.165, 1.54) is 12.8 Å². The molecule has 3 atom stereocenters. The van der Waals surface area contributed by atoms with E-state index in [1.54, 1.807) is 6.20 Å². The number of carbonyl (C=O) groups excluding carboxylic acids is 1. The number of nitrogens with one attached hydrogen (secondary N) is 2. The molecule has 2 N–H and O–H groups in total. The summed E-state index contributed by atoms with van der Waals surface area (Å²) in [5, 5.41) is 11.0. The third-order valence-corrected chi connectivity index (χ3v) is 5.98. The minimum Gasteiger partial charge on any atom is -0.349 e. The molecular weight excluding hydrogens is 348 g/mol. The maximum absolute atomic E-state index is 13.1. The van der Waals surface area contributed by atoms with Crippen molar-refractivity contribution in [1.82, 2.24) is 20.4 Å². The van der Waals surface area contributed by atoms with Crippen LogP contribution in [0.5, 0.6) is 0 Å². The Morgan fingerprint density at radius 3 is 3.08 bits per heavy atom. The second-order valence-electron chi connectivity index (χ2n) is 7.47. The Labute approximate surface area is 161 Å². The van der Waals surface area contributed by atoms with Gasteiger partial charge >= 0.3 is 0 Å². The molecule has 2 aliphatic rings. The van der Waals surface area contributed by atoms with Crippen LogP contribution in [0.2, 0.25) is 0 Å². The van der Waals surface area contributed by atoms with Gasteiger partial charge in [0, 0.05) is 18.9 Å². The largest absolute Gasteiger partial charge is 0.349 e. The van der Waals surface area contributed by atoms with Crippen LogP contribution in [0.4, 0.5) is 0 Å². The fraction of sp³-hybridized carbons (Fsp3) is 0.500. The number of hydrogen-bond acceptors (Lipinski definition) is 3. The van der Waals surface area contributed by atoms with Crippen LogP contribution in [0.25, 0.3) is 5.69 Å². The van der Waals surface area contributed by atoms with Crippen molar-refractivity contribution in [3.05, 3.63) is 48.3 Å². The molecule has 140 valence electrons. The zero-order valence-corrected chi connectivity index (χ0v) is 16.0. The van der Waals surface area contributed by atoms with Gasteiger partial charge in [0.1, 0.15) is 0 Å². The standard InChI is InChI=1S/C20H26N4O.ClH/c1-15(16-6-4-8-18(12-16)24-11-5-10-22-24)23-19(25)20-9-3-2-7-17(20)13-21-14-20;/h4-6,8,10-12,15,17,21H,2-3,7,9,13-14H2,1H3,(H,23,25);1H/t15?,17-,20+;/m0./s1. The number of rotatable bonds is 4. The number of fused-ring (bicyclic) bond motifs is 1. The van der Waals surface area contributed by atoms with Gasteiger partial charge in [0.2, 0.25) is 5.91 Å². The number of hydrogen-bond donors (Lipinski definition) is 2. The van der Waals surface area contributed by atoms with E-state index in [2.05, 4.69) is 34.8 Å². The summed E-state index contributed by atoms with van der Waals surface area (Å²) in [6.45, 7) is 3.87. The van der Waals surface area contributed by atoms with Crippen LogP contribution in [0, 0.1) is 11.3 Å². The molecule has 6 heteroatoms. The maximum Gasteiger partial charge on any atom is 0.228 e. The lowest BCUT2D eigenvalue weighted by Gasteiger charge is -2.38. The second-order valence-corrected chi connectivity index (χ2v) is 7.47. The molecule has 1 aromatic carbocycles. The van der Waals surface area contributed by atoms with Crippen LogP contribution in [-0.4, -0.2) is 28.8 Å². The molecule has 2 fully saturated rings. The van der Waals surface area contributed by atoms with Crippen molar-refractivity contribution >= 4 is 18.3 Å². The van der Waals surface area contributed by atoms with Crippen molar-refractivity contribution in [2.45, 2.75) is 38.6 Å². The summed E-state index contributed by atoms with van der Waals surface area (Å²) in [6.07, 6.45) is 8.29. The van der Waals surface area contributed by atoms with E-state index >= 15 is 0 Å². The number of benzene rings is 1. The summed E-state index contributed by atoms with van der Waals surface area (Å²) < 4.78 is 1.84. The summed E-state index contributed by atoms with van der Waals surface area (Å²) in [5.41, 5.74) is 1.92. The van der Waals surface area contributed by atoms with Gasteiger partial charge in [-0.05, 0) is 56.0 Å². The summed E-state index contributed by atoms with van der Waals surface area (Å²) in [7, 11) is 0. The average molecular weight is 375 g/mol. The molecule has 0 bridgehead atoms. The van der Waals surface area contributed by atoms with Gasteiger partial charge in [0.25, 0.3) is 0 Å². The molecule has 1 amide bonds. The molecule has 1 aliphatic heterocycles. The maximum atomic E-state index is 13.1.